The van der Waals surface area contributed by atoms with Crippen LogP contribution in [0.4, 0.5) is 34.1 Å². The van der Waals surface area contributed by atoms with E-state index in [1.54, 1.807) is 0 Å². The van der Waals surface area contributed by atoms with Gasteiger partial charge >= 0.3 is 0 Å². The molecule has 2 aliphatic carbocycles. The van der Waals surface area contributed by atoms with E-state index in [0.717, 1.165) is 17.8 Å². The Morgan fingerprint density at radius 2 is 1.29 bits per heavy atom. The summed E-state index contributed by atoms with van der Waals surface area (Å²) in [7, 11) is 0. The molecule has 0 bridgehead atoms. The maximum Gasteiger partial charge on any atom is 0.297 e. The van der Waals surface area contributed by atoms with Gasteiger partial charge in [0.1, 0.15) is 5.76 Å². The van der Waals surface area contributed by atoms with E-state index in [0.29, 0.717) is 5.92 Å². The van der Waals surface area contributed by atoms with Gasteiger partial charge in [0.2, 0.25) is 0 Å². The fourth-order valence-corrected chi connectivity index (χ4v) is 10.1. The van der Waals surface area contributed by atoms with Crippen molar-refractivity contribution in [1.82, 2.24) is 0 Å². The van der Waals surface area contributed by atoms with Crippen molar-refractivity contribution >= 4 is 63.5 Å². The van der Waals surface area contributed by atoms with Crippen LogP contribution >= 0.6 is 0 Å². The molecular formula is C52H53BN2O. The number of aryl methyl sites for hydroxylation is 1. The van der Waals surface area contributed by atoms with Gasteiger partial charge in [-0.25, -0.2) is 0 Å². The first-order valence-corrected chi connectivity index (χ1v) is 20.7. The van der Waals surface area contributed by atoms with Gasteiger partial charge in [0, 0.05) is 40.4 Å². The van der Waals surface area contributed by atoms with E-state index in [1.165, 1.54) is 96.8 Å². The zero-order valence-electron chi connectivity index (χ0n) is 34.5. The standard InChI is InChI=1S/C52H53BN2O/c1-32-15-24-39-46(29-32)56-49-48(39)55(38-22-18-36(19-23-38)50(3,4)5)45-28-33(2)27-44-47(45)53(49)42-30-40-41(52(8,9)26-25-51(40,6)7)31-43(42)54(44)37-20-16-35(17-21-37)34-13-11-10-12-14-34/h10-24,27-28,30-32H,25-26,29H2,1-9H3. The molecule has 0 amide bonds. The Labute approximate surface area is 334 Å². The normalized spacial score (nSPS) is 18.5. The Bertz CT molecular complexity index is 2570. The highest BCUT2D eigenvalue weighted by molar-refractivity contribution is 6.99. The minimum atomic E-state index is -0.0454. The summed E-state index contributed by atoms with van der Waals surface area (Å²) in [5.41, 5.74) is 20.4. The van der Waals surface area contributed by atoms with Gasteiger partial charge in [0.15, 0.2) is 0 Å². The Morgan fingerprint density at radius 3 is 1.95 bits per heavy atom. The molecule has 0 spiro atoms. The molecular weight excluding hydrogens is 679 g/mol. The van der Waals surface area contributed by atoms with E-state index in [-0.39, 0.29) is 23.0 Å². The van der Waals surface area contributed by atoms with Crippen LogP contribution in [0.25, 0.3) is 17.2 Å². The maximum atomic E-state index is 7.30. The minimum Gasteiger partial charge on any atom is -0.472 e. The molecule has 280 valence electrons. The predicted molar refractivity (Wildman–Crippen MR) is 239 cm³/mol. The summed E-state index contributed by atoms with van der Waals surface area (Å²) < 4.78 is 7.30. The lowest BCUT2D eigenvalue weighted by Crippen LogP contribution is -2.61. The number of hydrogen-bond donors (Lipinski definition) is 0. The number of nitrogens with zero attached hydrogens (tertiary/aromatic N) is 2. The largest absolute Gasteiger partial charge is 0.472 e. The number of hydrogen-bond acceptors (Lipinski definition) is 3. The van der Waals surface area contributed by atoms with E-state index in [4.69, 9.17) is 4.42 Å². The average Bonchev–Trinajstić information content (AvgIpc) is 3.54. The molecule has 1 aromatic heterocycles. The van der Waals surface area contributed by atoms with E-state index < -0.39 is 0 Å². The molecule has 0 N–H and O–H groups in total. The quantitative estimate of drug-likeness (QED) is 0.169. The second kappa shape index (κ2) is 12.1. The van der Waals surface area contributed by atoms with Crippen molar-refractivity contribution in [3.05, 3.63) is 143 Å². The van der Waals surface area contributed by atoms with Gasteiger partial charge in [0.25, 0.3) is 6.71 Å². The van der Waals surface area contributed by atoms with Crippen molar-refractivity contribution in [2.75, 3.05) is 9.80 Å². The van der Waals surface area contributed by atoms with E-state index in [1.807, 2.05) is 0 Å². The third kappa shape index (κ3) is 5.31. The first-order valence-electron chi connectivity index (χ1n) is 20.7. The fourth-order valence-electron chi connectivity index (χ4n) is 10.1. The summed E-state index contributed by atoms with van der Waals surface area (Å²) in [5.74, 6) is 1.53. The molecule has 0 saturated carbocycles. The number of allylic oxidation sites excluding steroid dienone is 1. The SMILES string of the molecule is Cc1cc2c3c(c1)N(c1ccc(C(C)(C)C)cc1)c1c(oc4c1C=CC(C)C4)B3c1cc3c(cc1N2c1ccc(-c2ccccc2)cc1)C(C)(C)CCC3(C)C. The number of rotatable bonds is 3. The van der Waals surface area contributed by atoms with Crippen LogP contribution in [0.3, 0.4) is 0 Å². The highest BCUT2D eigenvalue weighted by Gasteiger charge is 2.49. The van der Waals surface area contributed by atoms with Crippen LogP contribution in [-0.4, -0.2) is 6.71 Å². The number of furan rings is 1. The summed E-state index contributed by atoms with van der Waals surface area (Å²) in [4.78, 5) is 5.10. The van der Waals surface area contributed by atoms with E-state index in [9.17, 15) is 0 Å². The third-order valence-electron chi connectivity index (χ3n) is 13.4. The predicted octanol–water partition coefficient (Wildman–Crippen LogP) is 12.2. The summed E-state index contributed by atoms with van der Waals surface area (Å²) in [5, 5.41) is 0. The van der Waals surface area contributed by atoms with Gasteiger partial charge in [-0.2, -0.15) is 0 Å². The monoisotopic (exact) mass is 732 g/mol. The number of benzene rings is 5. The van der Waals surface area contributed by atoms with Crippen LogP contribution in [0.2, 0.25) is 0 Å². The first kappa shape index (κ1) is 35.2. The lowest BCUT2D eigenvalue weighted by molar-refractivity contribution is 0.332. The van der Waals surface area contributed by atoms with Crippen LogP contribution in [0.1, 0.15) is 102 Å². The van der Waals surface area contributed by atoms with Gasteiger partial charge in [-0.3, -0.25) is 0 Å². The zero-order valence-corrected chi connectivity index (χ0v) is 34.5. The fraction of sp³-hybridized carbons (Fsp3) is 0.308. The summed E-state index contributed by atoms with van der Waals surface area (Å²) >= 11 is 0. The van der Waals surface area contributed by atoms with Crippen LogP contribution in [-0.2, 0) is 22.7 Å². The molecule has 3 nitrogen and oxygen atoms in total. The molecule has 3 heterocycles. The van der Waals surface area contributed by atoms with Gasteiger partial charge in [-0.1, -0.05) is 128 Å². The topological polar surface area (TPSA) is 19.6 Å². The Hall–Kier alpha value is -5.22. The first-order chi connectivity index (χ1) is 26.7. The third-order valence-corrected chi connectivity index (χ3v) is 13.4. The van der Waals surface area contributed by atoms with Gasteiger partial charge in [-0.15, -0.1) is 0 Å². The van der Waals surface area contributed by atoms with Crippen molar-refractivity contribution in [2.24, 2.45) is 5.92 Å². The molecule has 2 aliphatic heterocycles. The van der Waals surface area contributed by atoms with E-state index >= 15 is 0 Å². The van der Waals surface area contributed by atoms with Crippen molar-refractivity contribution in [2.45, 2.75) is 97.8 Å². The molecule has 0 fully saturated rings. The average molecular weight is 733 g/mol. The van der Waals surface area contributed by atoms with Gasteiger partial charge in [0.05, 0.1) is 11.3 Å². The van der Waals surface area contributed by atoms with Crippen molar-refractivity contribution in [1.29, 1.82) is 0 Å². The highest BCUT2D eigenvalue weighted by atomic mass is 16.3. The molecule has 4 aliphatic rings. The highest BCUT2D eigenvalue weighted by Crippen LogP contribution is 2.51. The summed E-state index contributed by atoms with van der Waals surface area (Å²) in [6, 6.07) is 39.3. The van der Waals surface area contributed by atoms with E-state index in [2.05, 4.69) is 187 Å². The summed E-state index contributed by atoms with van der Waals surface area (Å²) in [6.07, 6.45) is 7.95. The molecule has 6 aromatic rings. The van der Waals surface area contributed by atoms with Crippen LogP contribution in [0.15, 0.2) is 114 Å². The molecule has 10 rings (SSSR count). The van der Waals surface area contributed by atoms with Crippen LogP contribution < -0.4 is 26.4 Å². The van der Waals surface area contributed by atoms with Crippen LogP contribution in [0, 0.1) is 12.8 Å². The molecule has 5 aromatic carbocycles. The van der Waals surface area contributed by atoms with Crippen molar-refractivity contribution < 1.29 is 4.42 Å². The molecule has 0 saturated heterocycles. The number of fused-ring (bicyclic) bond motifs is 7. The zero-order chi connectivity index (χ0) is 38.9. The Morgan fingerprint density at radius 1 is 0.696 bits per heavy atom. The lowest BCUT2D eigenvalue weighted by Gasteiger charge is -2.46. The van der Waals surface area contributed by atoms with Gasteiger partial charge < -0.3 is 14.2 Å². The number of anilines is 6. The summed E-state index contributed by atoms with van der Waals surface area (Å²) in [6.45, 7) is 21.2. The lowest BCUT2D eigenvalue weighted by atomic mass is 9.35. The Kier molecular flexibility index (Phi) is 7.64. The minimum absolute atomic E-state index is 0.0454. The molecule has 1 unspecified atom stereocenters. The molecule has 56 heavy (non-hydrogen) atoms. The Balaban J connectivity index is 1.28. The maximum absolute atomic E-state index is 7.30. The smallest absolute Gasteiger partial charge is 0.297 e. The molecule has 1 atom stereocenters. The van der Waals surface area contributed by atoms with Crippen LogP contribution in [0.5, 0.6) is 0 Å². The second-order valence-electron chi connectivity index (χ2n) is 19.4. The molecule has 0 radical (unpaired) electrons. The van der Waals surface area contributed by atoms with Crippen molar-refractivity contribution in [3.63, 3.8) is 0 Å². The molecule has 4 heteroatoms. The van der Waals surface area contributed by atoms with Gasteiger partial charge in [-0.05, 0) is 129 Å². The van der Waals surface area contributed by atoms with Crippen molar-refractivity contribution in [3.8, 4) is 11.1 Å². The second-order valence-corrected chi connectivity index (χ2v) is 19.4.